The number of halogens is 2. The smallest absolute Gasteiger partial charge is 0.270 e. The molecule has 2 aromatic rings. The molecule has 0 aromatic heterocycles. The molecule has 8 heteroatoms. The maximum absolute atomic E-state index is 13.0. The molecule has 1 aliphatic rings. The molecule has 0 radical (unpaired) electrons. The standard InChI is InChI=1S/C20H14Br2N2O3S/c1-2-8-27-17-7-6-12(10-16(17)22)9-15-18(25)23-20(28)24(19(15)26)14-5-3-4-13(21)11-14/h2-7,9-11H,1,8H2,(H,23,25,28)/b15-9+. The van der Waals surface area contributed by atoms with Crippen molar-refractivity contribution in [2.45, 2.75) is 0 Å². The summed E-state index contributed by atoms with van der Waals surface area (Å²) in [5.41, 5.74) is 1.21. The second-order valence-electron chi connectivity index (χ2n) is 5.73. The van der Waals surface area contributed by atoms with E-state index in [1.54, 1.807) is 42.5 Å². The molecule has 1 heterocycles. The van der Waals surface area contributed by atoms with E-state index in [1.807, 2.05) is 6.07 Å². The van der Waals surface area contributed by atoms with Gasteiger partial charge in [-0.2, -0.15) is 0 Å². The van der Waals surface area contributed by atoms with Crippen LogP contribution < -0.4 is 15.0 Å². The molecule has 5 nitrogen and oxygen atoms in total. The minimum Gasteiger partial charge on any atom is -0.488 e. The van der Waals surface area contributed by atoms with Crippen LogP contribution in [0.4, 0.5) is 5.69 Å². The van der Waals surface area contributed by atoms with Crippen LogP contribution in [0.2, 0.25) is 0 Å². The topological polar surface area (TPSA) is 58.6 Å². The van der Waals surface area contributed by atoms with Crippen molar-refractivity contribution >= 4 is 72.8 Å². The van der Waals surface area contributed by atoms with E-state index in [2.05, 4.69) is 43.8 Å². The zero-order valence-corrected chi connectivity index (χ0v) is 18.4. The van der Waals surface area contributed by atoms with Crippen LogP contribution in [-0.4, -0.2) is 23.5 Å². The van der Waals surface area contributed by atoms with Crippen molar-refractivity contribution in [1.82, 2.24) is 5.32 Å². The number of rotatable bonds is 5. The van der Waals surface area contributed by atoms with E-state index >= 15 is 0 Å². The lowest BCUT2D eigenvalue weighted by atomic mass is 10.1. The van der Waals surface area contributed by atoms with E-state index in [1.165, 1.54) is 11.0 Å². The van der Waals surface area contributed by atoms with Crippen molar-refractivity contribution in [2.24, 2.45) is 0 Å². The molecule has 0 bridgehead atoms. The van der Waals surface area contributed by atoms with Gasteiger partial charge in [0.2, 0.25) is 0 Å². The summed E-state index contributed by atoms with van der Waals surface area (Å²) in [4.78, 5) is 26.7. The maximum atomic E-state index is 13.0. The van der Waals surface area contributed by atoms with E-state index in [0.29, 0.717) is 28.1 Å². The minimum absolute atomic E-state index is 0.0137. The van der Waals surface area contributed by atoms with E-state index in [-0.39, 0.29) is 10.7 Å². The molecule has 1 fully saturated rings. The molecule has 142 valence electrons. The fourth-order valence-electron chi connectivity index (χ4n) is 2.55. The Bertz CT molecular complexity index is 1020. The number of carbonyl (C=O) groups excluding carboxylic acids is 2. The molecule has 0 spiro atoms. The van der Waals surface area contributed by atoms with Crippen LogP contribution in [0.3, 0.4) is 0 Å². The lowest BCUT2D eigenvalue weighted by Crippen LogP contribution is -2.54. The molecule has 1 aliphatic heterocycles. The molecule has 2 amide bonds. The Morgan fingerprint density at radius 1 is 1.18 bits per heavy atom. The van der Waals surface area contributed by atoms with Gasteiger partial charge in [-0.3, -0.25) is 19.8 Å². The Morgan fingerprint density at radius 2 is 1.96 bits per heavy atom. The number of benzene rings is 2. The van der Waals surface area contributed by atoms with Crippen molar-refractivity contribution in [1.29, 1.82) is 0 Å². The van der Waals surface area contributed by atoms with Crippen LogP contribution in [0.15, 0.2) is 69.6 Å². The average molecular weight is 522 g/mol. The van der Waals surface area contributed by atoms with E-state index < -0.39 is 11.8 Å². The lowest BCUT2D eigenvalue weighted by Gasteiger charge is -2.29. The largest absolute Gasteiger partial charge is 0.488 e. The number of amides is 2. The van der Waals surface area contributed by atoms with Crippen LogP contribution >= 0.6 is 44.1 Å². The number of hydrogen-bond acceptors (Lipinski definition) is 4. The number of hydrogen-bond donors (Lipinski definition) is 1. The Hall–Kier alpha value is -2.29. The van der Waals surface area contributed by atoms with Crippen molar-refractivity contribution in [3.63, 3.8) is 0 Å². The third kappa shape index (κ3) is 4.40. The van der Waals surface area contributed by atoms with Crippen LogP contribution in [0.1, 0.15) is 5.56 Å². The van der Waals surface area contributed by atoms with Crippen molar-refractivity contribution < 1.29 is 14.3 Å². The van der Waals surface area contributed by atoms with Gasteiger partial charge in [0, 0.05) is 4.47 Å². The van der Waals surface area contributed by atoms with Gasteiger partial charge < -0.3 is 4.74 Å². The predicted molar refractivity (Wildman–Crippen MR) is 120 cm³/mol. The second-order valence-corrected chi connectivity index (χ2v) is 7.88. The Labute approximate surface area is 184 Å². The van der Waals surface area contributed by atoms with Gasteiger partial charge in [-0.25, -0.2) is 0 Å². The highest BCUT2D eigenvalue weighted by molar-refractivity contribution is 9.10. The summed E-state index contributed by atoms with van der Waals surface area (Å²) in [6.45, 7) is 3.98. The van der Waals surface area contributed by atoms with Crippen molar-refractivity contribution in [3.8, 4) is 5.75 Å². The number of thiocarbonyl (C=S) groups is 1. The Kier molecular flexibility index (Phi) is 6.43. The monoisotopic (exact) mass is 520 g/mol. The number of nitrogens with one attached hydrogen (secondary N) is 1. The maximum Gasteiger partial charge on any atom is 0.270 e. The van der Waals surface area contributed by atoms with Crippen LogP contribution in [0.25, 0.3) is 6.08 Å². The Morgan fingerprint density at radius 3 is 2.64 bits per heavy atom. The summed E-state index contributed by atoms with van der Waals surface area (Å²) in [5.74, 6) is -0.391. The van der Waals surface area contributed by atoms with E-state index in [0.717, 1.165) is 4.47 Å². The van der Waals surface area contributed by atoms with Crippen molar-refractivity contribution in [3.05, 3.63) is 75.2 Å². The summed E-state index contributed by atoms with van der Waals surface area (Å²) in [6.07, 6.45) is 3.17. The summed E-state index contributed by atoms with van der Waals surface area (Å²) < 4.78 is 7.01. The molecule has 0 saturated carbocycles. The fraction of sp³-hybridized carbons (Fsp3) is 0.0500. The van der Waals surface area contributed by atoms with Crippen LogP contribution in [-0.2, 0) is 9.59 Å². The SMILES string of the molecule is C=CCOc1ccc(/C=C2\C(=O)NC(=S)N(c3cccc(Br)c3)C2=O)cc1Br. The van der Waals surface area contributed by atoms with Gasteiger partial charge in [-0.05, 0) is 70.1 Å². The molecule has 1 N–H and O–H groups in total. The fourth-order valence-corrected chi connectivity index (χ4v) is 3.73. The highest BCUT2D eigenvalue weighted by atomic mass is 79.9. The zero-order chi connectivity index (χ0) is 20.3. The summed E-state index contributed by atoms with van der Waals surface area (Å²) in [7, 11) is 0. The number of ether oxygens (including phenoxy) is 1. The lowest BCUT2D eigenvalue weighted by molar-refractivity contribution is -0.122. The first-order valence-electron chi connectivity index (χ1n) is 8.11. The van der Waals surface area contributed by atoms with Crippen molar-refractivity contribution in [2.75, 3.05) is 11.5 Å². The van der Waals surface area contributed by atoms with Gasteiger partial charge in [-0.1, -0.05) is 40.7 Å². The normalized spacial score (nSPS) is 15.6. The minimum atomic E-state index is -0.538. The van der Waals surface area contributed by atoms with Gasteiger partial charge >= 0.3 is 0 Å². The van der Waals surface area contributed by atoms with Gasteiger partial charge in [0.25, 0.3) is 11.8 Å². The zero-order valence-electron chi connectivity index (χ0n) is 14.4. The van der Waals surface area contributed by atoms with Crippen LogP contribution in [0, 0.1) is 0 Å². The Balaban J connectivity index is 1.95. The molecule has 28 heavy (non-hydrogen) atoms. The molecular formula is C20H14Br2N2O3S. The predicted octanol–water partition coefficient (Wildman–Crippen LogP) is 4.61. The first kappa shape index (κ1) is 20.4. The molecule has 1 saturated heterocycles. The molecular weight excluding hydrogens is 508 g/mol. The summed E-state index contributed by atoms with van der Waals surface area (Å²) in [5, 5.41) is 2.61. The second kappa shape index (κ2) is 8.81. The third-order valence-corrected chi connectivity index (χ3v) is 5.19. The number of anilines is 1. The van der Waals surface area contributed by atoms with E-state index in [9.17, 15) is 9.59 Å². The highest BCUT2D eigenvalue weighted by Crippen LogP contribution is 2.28. The third-order valence-electron chi connectivity index (χ3n) is 3.79. The van der Waals surface area contributed by atoms with Gasteiger partial charge in [0.1, 0.15) is 17.9 Å². The molecule has 0 unspecified atom stereocenters. The summed E-state index contributed by atoms with van der Waals surface area (Å²) in [6, 6.07) is 12.4. The van der Waals surface area contributed by atoms with Gasteiger partial charge in [-0.15, -0.1) is 0 Å². The van der Waals surface area contributed by atoms with E-state index in [4.69, 9.17) is 17.0 Å². The average Bonchev–Trinajstić information content (AvgIpc) is 2.64. The highest BCUT2D eigenvalue weighted by Gasteiger charge is 2.34. The molecule has 0 aliphatic carbocycles. The summed E-state index contributed by atoms with van der Waals surface area (Å²) >= 11 is 12.0. The molecule has 3 rings (SSSR count). The first-order chi connectivity index (χ1) is 13.4. The molecule has 2 aromatic carbocycles. The number of nitrogens with zero attached hydrogens (tertiary/aromatic N) is 1. The van der Waals surface area contributed by atoms with Crippen LogP contribution in [0.5, 0.6) is 5.75 Å². The quantitative estimate of drug-likeness (QED) is 0.270. The van der Waals surface area contributed by atoms with Gasteiger partial charge in [0.05, 0.1) is 10.2 Å². The van der Waals surface area contributed by atoms with Gasteiger partial charge in [0.15, 0.2) is 5.11 Å². The molecule has 0 atom stereocenters. The first-order valence-corrected chi connectivity index (χ1v) is 10.1. The number of carbonyl (C=O) groups is 2.